The van der Waals surface area contributed by atoms with Crippen LogP contribution in [0.2, 0.25) is 0 Å². The Kier molecular flexibility index (Phi) is 7.01. The number of benzene rings is 8. The van der Waals surface area contributed by atoms with Crippen LogP contribution in [0.3, 0.4) is 0 Å². The van der Waals surface area contributed by atoms with Gasteiger partial charge in [-0.05, 0) is 96.5 Å². The van der Waals surface area contributed by atoms with Crippen LogP contribution in [0.4, 0.5) is 0 Å². The quantitative estimate of drug-likeness (QED) is 0.135. The third-order valence-electron chi connectivity index (χ3n) is 10.8. The van der Waals surface area contributed by atoms with Crippen LogP contribution in [-0.4, -0.2) is 6.71 Å². The van der Waals surface area contributed by atoms with Gasteiger partial charge in [0.15, 0.2) is 0 Å². The van der Waals surface area contributed by atoms with Crippen LogP contribution in [0.5, 0.6) is 23.0 Å². The van der Waals surface area contributed by atoms with Crippen molar-refractivity contribution in [3.8, 4) is 56.4 Å². The topological polar surface area (TPSA) is 18.5 Å². The molecule has 0 aliphatic carbocycles. The van der Waals surface area contributed by atoms with E-state index >= 15 is 0 Å². The van der Waals surface area contributed by atoms with E-state index in [0.717, 1.165) is 45.1 Å². The zero-order valence-electron chi connectivity index (χ0n) is 28.8. The molecule has 2 nitrogen and oxygen atoms in total. The molecule has 0 bridgehead atoms. The summed E-state index contributed by atoms with van der Waals surface area (Å²) in [4.78, 5) is 0. The third kappa shape index (κ3) is 4.53. The van der Waals surface area contributed by atoms with Gasteiger partial charge in [-0.3, -0.25) is 0 Å². The monoisotopic (exact) mass is 664 g/mol. The van der Waals surface area contributed by atoms with Gasteiger partial charge >= 0.3 is 0 Å². The van der Waals surface area contributed by atoms with Crippen molar-refractivity contribution in [1.29, 1.82) is 0 Å². The first kappa shape index (κ1) is 30.3. The van der Waals surface area contributed by atoms with Crippen LogP contribution in [0.25, 0.3) is 61.0 Å². The zero-order valence-corrected chi connectivity index (χ0v) is 28.8. The minimum absolute atomic E-state index is 0.0414. The lowest BCUT2D eigenvalue weighted by atomic mass is 9.34. The third-order valence-corrected chi connectivity index (χ3v) is 10.8. The summed E-state index contributed by atoms with van der Waals surface area (Å²) in [6.45, 7) is 6.22. The summed E-state index contributed by atoms with van der Waals surface area (Å²) in [5.41, 5.74) is 12.8. The van der Waals surface area contributed by atoms with Gasteiger partial charge in [0, 0.05) is 11.0 Å². The highest BCUT2D eigenvalue weighted by Crippen LogP contribution is 2.47. The fourth-order valence-electron chi connectivity index (χ4n) is 8.60. The number of rotatable bonds is 5. The molecule has 0 saturated heterocycles. The van der Waals surface area contributed by atoms with Gasteiger partial charge in [-0.2, -0.15) is 0 Å². The van der Waals surface area contributed by atoms with Crippen LogP contribution in [0.15, 0.2) is 170 Å². The normalized spacial score (nSPS) is 12.6. The van der Waals surface area contributed by atoms with Gasteiger partial charge in [0.25, 0.3) is 6.71 Å². The molecule has 0 amide bonds. The van der Waals surface area contributed by atoms with Crippen LogP contribution in [0.1, 0.15) is 11.1 Å². The summed E-state index contributed by atoms with van der Waals surface area (Å²) in [6.07, 6.45) is 6.10. The molecular weight excluding hydrogens is 631 g/mol. The van der Waals surface area contributed by atoms with E-state index < -0.39 is 0 Å². The lowest BCUT2D eigenvalue weighted by molar-refractivity contribution is 0.466. The molecule has 0 aromatic heterocycles. The predicted molar refractivity (Wildman–Crippen MR) is 219 cm³/mol. The van der Waals surface area contributed by atoms with Gasteiger partial charge < -0.3 is 9.47 Å². The number of ether oxygens (including phenoxy) is 2. The lowest BCUT2D eigenvalue weighted by Gasteiger charge is -2.34. The van der Waals surface area contributed by atoms with Crippen molar-refractivity contribution in [1.82, 2.24) is 0 Å². The van der Waals surface area contributed by atoms with E-state index in [4.69, 9.17) is 9.47 Å². The van der Waals surface area contributed by atoms with Gasteiger partial charge in [0.2, 0.25) is 0 Å². The molecule has 2 heterocycles. The van der Waals surface area contributed by atoms with E-state index in [9.17, 15) is 0 Å². The average Bonchev–Trinajstić information content (AvgIpc) is 3.20. The molecule has 0 N–H and O–H groups in total. The Hall–Kier alpha value is -6.58. The summed E-state index contributed by atoms with van der Waals surface area (Å²) in [5.74, 6) is 3.47. The summed E-state index contributed by atoms with van der Waals surface area (Å²) < 4.78 is 13.6. The maximum atomic E-state index is 7.00. The molecule has 0 fully saturated rings. The Morgan fingerprint density at radius 3 is 1.96 bits per heavy atom. The van der Waals surface area contributed by atoms with E-state index in [1.54, 1.807) is 0 Å². The molecular formula is C49H33BO2. The molecule has 10 rings (SSSR count). The number of hydrogen-bond donors (Lipinski definition) is 0. The minimum Gasteiger partial charge on any atom is -0.458 e. The minimum atomic E-state index is -0.0414. The maximum Gasteiger partial charge on any atom is 0.261 e. The molecule has 0 atom stereocenters. The number of para-hydroxylation sites is 1. The van der Waals surface area contributed by atoms with Gasteiger partial charge in [0.05, 0.1) is 0 Å². The molecule has 0 radical (unpaired) electrons. The second-order valence-electron chi connectivity index (χ2n) is 13.6. The molecule has 2 aliphatic rings. The van der Waals surface area contributed by atoms with Crippen molar-refractivity contribution in [2.45, 2.75) is 6.92 Å². The first-order chi connectivity index (χ1) is 25.7. The molecule has 8 aromatic carbocycles. The molecule has 2 aliphatic heterocycles. The zero-order chi connectivity index (χ0) is 34.8. The van der Waals surface area contributed by atoms with Crippen LogP contribution < -0.4 is 25.9 Å². The Morgan fingerprint density at radius 2 is 1.15 bits per heavy atom. The smallest absolute Gasteiger partial charge is 0.261 e. The fraction of sp³-hybridized carbons (Fsp3) is 0.0204. The molecule has 52 heavy (non-hydrogen) atoms. The van der Waals surface area contributed by atoms with Crippen molar-refractivity contribution < 1.29 is 9.47 Å². The Labute approximate surface area is 304 Å². The highest BCUT2D eigenvalue weighted by atomic mass is 16.5. The average molecular weight is 665 g/mol. The molecule has 3 heteroatoms. The van der Waals surface area contributed by atoms with Crippen molar-refractivity contribution in [2.75, 3.05) is 0 Å². The first-order valence-corrected chi connectivity index (χ1v) is 17.8. The van der Waals surface area contributed by atoms with E-state index in [-0.39, 0.29) is 6.71 Å². The molecule has 244 valence electrons. The SMILES string of the molecule is C=C/C=C\c1c(C)c(-c2ccccc2-c2cccc3c2Oc2cccc4c2B3c2c(ccc3ccccc23)O4)c2ccccc2c1-c1ccccc1. The van der Waals surface area contributed by atoms with Crippen LogP contribution >= 0.6 is 0 Å². The largest absolute Gasteiger partial charge is 0.458 e. The van der Waals surface area contributed by atoms with E-state index in [1.165, 1.54) is 60.4 Å². The van der Waals surface area contributed by atoms with Crippen molar-refractivity contribution in [3.05, 3.63) is 182 Å². The van der Waals surface area contributed by atoms with Crippen molar-refractivity contribution in [3.63, 3.8) is 0 Å². The Balaban J connectivity index is 1.24. The lowest BCUT2D eigenvalue weighted by Crippen LogP contribution is -2.57. The maximum absolute atomic E-state index is 7.00. The van der Waals surface area contributed by atoms with Gasteiger partial charge in [-0.25, -0.2) is 0 Å². The van der Waals surface area contributed by atoms with Gasteiger partial charge in [-0.15, -0.1) is 0 Å². The molecule has 8 aromatic rings. The van der Waals surface area contributed by atoms with E-state index in [2.05, 4.69) is 165 Å². The van der Waals surface area contributed by atoms with E-state index in [0.29, 0.717) is 0 Å². The Morgan fingerprint density at radius 1 is 0.519 bits per heavy atom. The number of allylic oxidation sites excluding steroid dienone is 2. The number of hydrogen-bond acceptors (Lipinski definition) is 2. The van der Waals surface area contributed by atoms with Gasteiger partial charge in [0.1, 0.15) is 23.0 Å². The fourth-order valence-corrected chi connectivity index (χ4v) is 8.60. The number of fused-ring (bicyclic) bond motifs is 7. The second-order valence-corrected chi connectivity index (χ2v) is 13.6. The summed E-state index contributed by atoms with van der Waals surface area (Å²) in [5, 5.41) is 4.83. The van der Waals surface area contributed by atoms with Crippen LogP contribution in [0, 0.1) is 6.92 Å². The standard InChI is InChI=1S/C49H33BO2/c1-3-4-19-34-31(2)45(38-23-12-13-24-39(38)46(34)33-17-6-5-7-18-33)37-22-11-10-21-36(37)40-25-14-26-41-49(40)52-43-28-15-27-42-48(43)50(41)47-35-20-9-8-16-32(35)29-30-44(47)51-42/h3-30H,1H2,2H3/b19-4-. The predicted octanol–water partition coefficient (Wildman–Crippen LogP) is 11.2. The van der Waals surface area contributed by atoms with Crippen molar-refractivity contribution in [2.24, 2.45) is 0 Å². The summed E-state index contributed by atoms with van der Waals surface area (Å²) in [7, 11) is 0. The first-order valence-electron chi connectivity index (χ1n) is 17.8. The Bertz CT molecular complexity index is 2780. The molecule has 0 spiro atoms. The highest BCUT2D eigenvalue weighted by molar-refractivity contribution is 6.99. The molecule has 0 unspecified atom stereocenters. The van der Waals surface area contributed by atoms with Crippen molar-refractivity contribution >= 4 is 50.7 Å². The van der Waals surface area contributed by atoms with Gasteiger partial charge in [-0.1, -0.05) is 158 Å². The van der Waals surface area contributed by atoms with E-state index in [1.807, 2.05) is 18.2 Å². The summed E-state index contributed by atoms with van der Waals surface area (Å²) in [6, 6.07) is 54.0. The molecule has 0 saturated carbocycles. The highest BCUT2D eigenvalue weighted by Gasteiger charge is 2.41. The summed E-state index contributed by atoms with van der Waals surface area (Å²) >= 11 is 0. The van der Waals surface area contributed by atoms with Crippen LogP contribution in [-0.2, 0) is 0 Å². The second kappa shape index (κ2) is 12.0.